The Morgan fingerprint density at radius 2 is 1.79 bits per heavy atom. The highest BCUT2D eigenvalue weighted by Crippen LogP contribution is 2.24. The van der Waals surface area contributed by atoms with Crippen LogP contribution >= 0.6 is 11.8 Å². The van der Waals surface area contributed by atoms with Crippen LogP contribution in [0.25, 0.3) is 17.1 Å². The fourth-order valence-electron chi connectivity index (χ4n) is 2.81. The van der Waals surface area contributed by atoms with E-state index in [1.54, 1.807) is 4.68 Å². The third-order valence-corrected chi connectivity index (χ3v) is 5.04. The first-order valence-corrected chi connectivity index (χ1v) is 9.77. The lowest BCUT2D eigenvalue weighted by atomic mass is 10.1. The van der Waals surface area contributed by atoms with Gasteiger partial charge in [0.25, 0.3) is 0 Å². The number of hydrogen-bond acceptors (Lipinski definition) is 8. The summed E-state index contributed by atoms with van der Waals surface area (Å²) in [6.07, 6.45) is 0. The Morgan fingerprint density at radius 1 is 1.03 bits per heavy atom. The summed E-state index contributed by atoms with van der Waals surface area (Å²) in [7, 11) is 0. The summed E-state index contributed by atoms with van der Waals surface area (Å²) in [6.45, 7) is 3.98. The van der Waals surface area contributed by atoms with Crippen molar-refractivity contribution >= 4 is 23.7 Å². The fourth-order valence-corrected chi connectivity index (χ4v) is 3.48. The summed E-state index contributed by atoms with van der Waals surface area (Å²) < 4.78 is 7.13. The number of nitrogens with one attached hydrogen (secondary N) is 1. The SMILES string of the molecule is Cc1cccc(C)c1-n1nnnc1SCC(=O)Nc1nnc(-c2ccccc2)o1. The highest BCUT2D eigenvalue weighted by Gasteiger charge is 2.16. The van der Waals surface area contributed by atoms with E-state index in [1.807, 2.05) is 62.4 Å². The molecule has 0 bridgehead atoms. The molecule has 2 aromatic carbocycles. The molecule has 10 heteroatoms. The summed E-state index contributed by atoms with van der Waals surface area (Å²) in [6, 6.07) is 15.3. The molecule has 0 saturated carbocycles. The van der Waals surface area contributed by atoms with Crippen LogP contribution in [0.4, 0.5) is 6.01 Å². The van der Waals surface area contributed by atoms with Crippen molar-refractivity contribution < 1.29 is 9.21 Å². The molecule has 2 heterocycles. The van der Waals surface area contributed by atoms with Crippen molar-refractivity contribution in [2.45, 2.75) is 19.0 Å². The molecule has 146 valence electrons. The highest BCUT2D eigenvalue weighted by atomic mass is 32.2. The first-order chi connectivity index (χ1) is 14.1. The van der Waals surface area contributed by atoms with Crippen LogP contribution < -0.4 is 5.32 Å². The van der Waals surface area contributed by atoms with Gasteiger partial charge in [-0.2, -0.15) is 4.68 Å². The average molecular weight is 407 g/mol. The van der Waals surface area contributed by atoms with Gasteiger partial charge in [-0.15, -0.1) is 10.2 Å². The predicted molar refractivity (Wildman–Crippen MR) is 108 cm³/mol. The number of amides is 1. The zero-order valence-corrected chi connectivity index (χ0v) is 16.6. The van der Waals surface area contributed by atoms with Gasteiger partial charge in [0.2, 0.25) is 17.0 Å². The van der Waals surface area contributed by atoms with Gasteiger partial charge in [-0.1, -0.05) is 53.3 Å². The quantitative estimate of drug-likeness (QED) is 0.485. The van der Waals surface area contributed by atoms with E-state index in [0.29, 0.717) is 11.0 Å². The summed E-state index contributed by atoms with van der Waals surface area (Å²) in [5, 5.41) is 22.8. The lowest BCUT2D eigenvalue weighted by Crippen LogP contribution is -2.15. The molecule has 4 aromatic rings. The number of nitrogens with zero attached hydrogens (tertiary/aromatic N) is 6. The molecule has 0 aliphatic heterocycles. The van der Waals surface area contributed by atoms with Crippen molar-refractivity contribution in [2.24, 2.45) is 0 Å². The Kier molecular flexibility index (Phi) is 5.34. The molecule has 2 aromatic heterocycles. The van der Waals surface area contributed by atoms with E-state index in [1.165, 1.54) is 11.8 Å². The normalized spacial score (nSPS) is 10.8. The molecule has 29 heavy (non-hydrogen) atoms. The van der Waals surface area contributed by atoms with E-state index >= 15 is 0 Å². The minimum atomic E-state index is -0.297. The fraction of sp³-hybridized carbons (Fsp3) is 0.158. The lowest BCUT2D eigenvalue weighted by molar-refractivity contribution is -0.113. The maximum absolute atomic E-state index is 12.3. The largest absolute Gasteiger partial charge is 0.403 e. The van der Waals surface area contributed by atoms with E-state index in [4.69, 9.17) is 4.42 Å². The molecule has 1 amide bonds. The summed E-state index contributed by atoms with van der Waals surface area (Å²) >= 11 is 1.22. The molecule has 0 saturated heterocycles. The van der Waals surface area contributed by atoms with Gasteiger partial charge in [0.15, 0.2) is 0 Å². The minimum absolute atomic E-state index is 0.0452. The van der Waals surface area contributed by atoms with Gasteiger partial charge < -0.3 is 4.42 Å². The Labute approximate surface area is 170 Å². The Morgan fingerprint density at radius 3 is 2.55 bits per heavy atom. The third-order valence-electron chi connectivity index (χ3n) is 4.12. The van der Waals surface area contributed by atoms with Gasteiger partial charge in [-0.3, -0.25) is 10.1 Å². The van der Waals surface area contributed by atoms with Crippen molar-refractivity contribution in [3.8, 4) is 17.1 Å². The van der Waals surface area contributed by atoms with Gasteiger partial charge in [0.1, 0.15) is 0 Å². The number of thioether (sulfide) groups is 1. The average Bonchev–Trinajstić information content (AvgIpc) is 3.37. The predicted octanol–water partition coefficient (Wildman–Crippen LogP) is 3.06. The van der Waals surface area contributed by atoms with Crippen LogP contribution in [-0.4, -0.2) is 42.1 Å². The number of carbonyl (C=O) groups is 1. The molecule has 0 radical (unpaired) electrons. The molecule has 9 nitrogen and oxygen atoms in total. The molecule has 0 atom stereocenters. The number of anilines is 1. The second kappa shape index (κ2) is 8.23. The van der Waals surface area contributed by atoms with E-state index in [-0.39, 0.29) is 17.7 Å². The van der Waals surface area contributed by atoms with Crippen molar-refractivity contribution in [1.82, 2.24) is 30.4 Å². The number of para-hydroxylation sites is 1. The van der Waals surface area contributed by atoms with E-state index < -0.39 is 0 Å². The molecule has 1 N–H and O–H groups in total. The van der Waals surface area contributed by atoms with Crippen LogP contribution in [0.15, 0.2) is 58.1 Å². The molecular weight excluding hydrogens is 390 g/mol. The third kappa shape index (κ3) is 4.16. The Hall–Kier alpha value is -3.53. The Bertz CT molecular complexity index is 1120. The lowest BCUT2D eigenvalue weighted by Gasteiger charge is -2.10. The number of tetrazole rings is 1. The maximum Gasteiger partial charge on any atom is 0.322 e. The van der Waals surface area contributed by atoms with E-state index in [2.05, 4.69) is 31.0 Å². The maximum atomic E-state index is 12.3. The van der Waals surface area contributed by atoms with Crippen molar-refractivity contribution in [1.29, 1.82) is 0 Å². The second-order valence-corrected chi connectivity index (χ2v) is 7.17. The van der Waals surface area contributed by atoms with Gasteiger partial charge in [-0.25, -0.2) is 0 Å². The molecule has 0 fully saturated rings. The van der Waals surface area contributed by atoms with Gasteiger partial charge in [0.05, 0.1) is 11.4 Å². The number of aromatic nitrogens is 6. The topological polar surface area (TPSA) is 112 Å². The monoisotopic (exact) mass is 407 g/mol. The first-order valence-electron chi connectivity index (χ1n) is 8.78. The smallest absolute Gasteiger partial charge is 0.322 e. The molecular formula is C19H17N7O2S. The number of benzene rings is 2. The Balaban J connectivity index is 1.42. The van der Waals surface area contributed by atoms with Crippen LogP contribution in [-0.2, 0) is 4.79 Å². The summed E-state index contributed by atoms with van der Waals surface area (Å²) in [5.41, 5.74) is 3.78. The number of rotatable bonds is 6. The van der Waals surface area contributed by atoms with Crippen LogP contribution in [0, 0.1) is 13.8 Å². The van der Waals surface area contributed by atoms with Gasteiger partial charge in [0, 0.05) is 5.56 Å². The van der Waals surface area contributed by atoms with Gasteiger partial charge >= 0.3 is 6.01 Å². The molecule has 0 aliphatic rings. The van der Waals surface area contributed by atoms with Crippen molar-refractivity contribution in [3.63, 3.8) is 0 Å². The summed E-state index contributed by atoms with van der Waals surface area (Å²) in [5.74, 6) is 0.135. The van der Waals surface area contributed by atoms with Crippen molar-refractivity contribution in [2.75, 3.05) is 11.1 Å². The molecule has 0 spiro atoms. The standard InChI is InChI=1S/C19H17N7O2S/c1-12-7-6-8-13(2)16(12)26-19(23-24-25-26)29-11-15(27)20-18-22-21-17(28-18)14-9-4-3-5-10-14/h3-10H,11H2,1-2H3,(H,20,22,27). The molecule has 0 aliphatic carbocycles. The summed E-state index contributed by atoms with van der Waals surface area (Å²) in [4.78, 5) is 12.3. The molecule has 0 unspecified atom stereocenters. The van der Waals surface area contributed by atoms with Crippen LogP contribution in [0.3, 0.4) is 0 Å². The molecule has 4 rings (SSSR count). The van der Waals surface area contributed by atoms with E-state index in [9.17, 15) is 4.79 Å². The van der Waals surface area contributed by atoms with Crippen LogP contribution in [0.1, 0.15) is 11.1 Å². The van der Waals surface area contributed by atoms with Crippen molar-refractivity contribution in [3.05, 3.63) is 59.7 Å². The second-order valence-electron chi connectivity index (χ2n) is 6.23. The van der Waals surface area contributed by atoms with E-state index in [0.717, 1.165) is 22.4 Å². The first kappa shape index (κ1) is 18.8. The number of aryl methyl sites for hydroxylation is 2. The van der Waals surface area contributed by atoms with Gasteiger partial charge in [-0.05, 0) is 47.5 Å². The minimum Gasteiger partial charge on any atom is -0.403 e. The highest BCUT2D eigenvalue weighted by molar-refractivity contribution is 7.99. The van der Waals surface area contributed by atoms with Crippen LogP contribution in [0.2, 0.25) is 0 Å². The zero-order valence-electron chi connectivity index (χ0n) is 15.7. The zero-order chi connectivity index (χ0) is 20.2. The number of hydrogen-bond donors (Lipinski definition) is 1. The number of carbonyl (C=O) groups excluding carboxylic acids is 1. The van der Waals surface area contributed by atoms with Crippen LogP contribution in [0.5, 0.6) is 0 Å².